The minimum absolute atomic E-state index is 0.132. The van der Waals surface area contributed by atoms with Gasteiger partial charge in [-0.25, -0.2) is 22.8 Å². The van der Waals surface area contributed by atoms with Crippen molar-refractivity contribution in [3.05, 3.63) is 63.6 Å². The van der Waals surface area contributed by atoms with Crippen LogP contribution in [0.5, 0.6) is 0 Å². The van der Waals surface area contributed by atoms with Crippen molar-refractivity contribution in [3.63, 3.8) is 0 Å². The van der Waals surface area contributed by atoms with E-state index < -0.39 is 63.9 Å². The van der Waals surface area contributed by atoms with Crippen LogP contribution in [0.4, 0.5) is 35.1 Å². The first-order valence-corrected chi connectivity index (χ1v) is 8.11. The van der Waals surface area contributed by atoms with Gasteiger partial charge in [-0.1, -0.05) is 11.6 Å². The lowest BCUT2D eigenvalue weighted by molar-refractivity contribution is -0.286. The van der Waals surface area contributed by atoms with E-state index in [0.717, 1.165) is 12.4 Å². The first-order valence-electron chi connectivity index (χ1n) is 7.73. The van der Waals surface area contributed by atoms with Crippen molar-refractivity contribution in [1.29, 1.82) is 0 Å². The molecule has 0 N–H and O–H groups in total. The summed E-state index contributed by atoms with van der Waals surface area (Å²) in [5.74, 6) is -11.1. The van der Waals surface area contributed by atoms with E-state index in [1.54, 1.807) is 0 Å². The molecule has 0 aliphatic rings. The van der Waals surface area contributed by atoms with Crippen LogP contribution in [0.2, 0.25) is 5.15 Å². The smallest absolute Gasteiger partial charge is 0.296 e. The monoisotopic (exact) mass is 458 g/mol. The molecule has 0 fully saturated rings. The van der Waals surface area contributed by atoms with Crippen LogP contribution in [0.25, 0.3) is 17.1 Å². The van der Waals surface area contributed by atoms with Crippen molar-refractivity contribution in [2.75, 3.05) is 0 Å². The second-order valence-corrected chi connectivity index (χ2v) is 6.22. The molecule has 0 spiro atoms. The van der Waals surface area contributed by atoms with Gasteiger partial charge < -0.3 is 0 Å². The first-order chi connectivity index (χ1) is 13.8. The molecule has 0 saturated heterocycles. The molecule has 0 radical (unpaired) electrons. The van der Waals surface area contributed by atoms with Gasteiger partial charge in [0.25, 0.3) is 5.56 Å². The minimum atomic E-state index is -6.11. The summed E-state index contributed by atoms with van der Waals surface area (Å²) < 4.78 is 108. The van der Waals surface area contributed by atoms with Crippen molar-refractivity contribution in [1.82, 2.24) is 19.3 Å². The van der Waals surface area contributed by atoms with E-state index in [1.165, 1.54) is 6.07 Å². The van der Waals surface area contributed by atoms with Gasteiger partial charge in [-0.15, -0.1) is 0 Å². The Kier molecular flexibility index (Phi) is 5.35. The van der Waals surface area contributed by atoms with E-state index in [-0.39, 0.29) is 16.7 Å². The molecule has 2 heterocycles. The molecule has 1 aromatic carbocycles. The Morgan fingerprint density at radius 2 is 1.63 bits per heavy atom. The summed E-state index contributed by atoms with van der Waals surface area (Å²) in [6.07, 6.45) is -3.87. The second kappa shape index (κ2) is 7.38. The number of benzene rings is 1. The Balaban J connectivity index is 2.38. The van der Waals surface area contributed by atoms with Crippen molar-refractivity contribution in [2.45, 2.75) is 18.6 Å². The molecule has 0 saturated carbocycles. The van der Waals surface area contributed by atoms with Gasteiger partial charge in [-0.3, -0.25) is 9.36 Å². The van der Waals surface area contributed by atoms with Crippen molar-refractivity contribution >= 4 is 11.6 Å². The van der Waals surface area contributed by atoms with E-state index in [2.05, 4.69) is 10.1 Å². The summed E-state index contributed by atoms with van der Waals surface area (Å²) in [7, 11) is 0. The fraction of sp³-hybridized carbons (Fsp3) is 0.188. The second-order valence-electron chi connectivity index (χ2n) is 5.86. The molecule has 30 heavy (non-hydrogen) atoms. The number of alkyl halides is 5. The lowest BCUT2D eigenvalue weighted by atomic mass is 10.1. The van der Waals surface area contributed by atoms with Gasteiger partial charge in [0.2, 0.25) is 5.82 Å². The van der Waals surface area contributed by atoms with Crippen molar-refractivity contribution < 1.29 is 35.1 Å². The quantitative estimate of drug-likeness (QED) is 0.546. The molecule has 0 bridgehead atoms. The molecule has 2 aromatic heterocycles. The molecule has 0 aliphatic heterocycles. The maximum absolute atomic E-state index is 14.2. The lowest BCUT2D eigenvalue weighted by Gasteiger charge is -2.23. The van der Waals surface area contributed by atoms with Crippen LogP contribution in [0, 0.1) is 17.5 Å². The number of halogens is 9. The Morgan fingerprint density at radius 3 is 2.13 bits per heavy atom. The molecular formula is C16H7ClF8N4O. The summed E-state index contributed by atoms with van der Waals surface area (Å²) in [6.45, 7) is -2.38. The summed E-state index contributed by atoms with van der Waals surface area (Å²) >= 11 is 5.82. The predicted molar refractivity (Wildman–Crippen MR) is 86.9 cm³/mol. The third-order valence-electron chi connectivity index (χ3n) is 3.84. The largest absolute Gasteiger partial charge is 0.455 e. The highest BCUT2D eigenvalue weighted by Gasteiger charge is 2.58. The fourth-order valence-corrected chi connectivity index (χ4v) is 2.79. The average Bonchev–Trinajstić information content (AvgIpc) is 3.12. The average molecular weight is 459 g/mol. The van der Waals surface area contributed by atoms with Crippen LogP contribution in [0.15, 0.2) is 35.4 Å². The number of nitrogens with zero attached hydrogens (tertiary/aromatic N) is 4. The van der Waals surface area contributed by atoms with Gasteiger partial charge in [0.05, 0.1) is 17.8 Å². The van der Waals surface area contributed by atoms with Crippen LogP contribution in [0.1, 0.15) is 0 Å². The Morgan fingerprint density at radius 1 is 1.03 bits per heavy atom. The highest BCUT2D eigenvalue weighted by molar-refractivity contribution is 6.31. The maximum Gasteiger partial charge on any atom is 0.455 e. The summed E-state index contributed by atoms with van der Waals surface area (Å²) in [4.78, 5) is 16.2. The third-order valence-corrected chi connectivity index (χ3v) is 4.11. The third kappa shape index (κ3) is 3.76. The molecule has 3 rings (SSSR count). The van der Waals surface area contributed by atoms with E-state index in [0.29, 0.717) is 4.68 Å². The Hall–Kier alpha value is -2.96. The van der Waals surface area contributed by atoms with Gasteiger partial charge in [0, 0.05) is 24.5 Å². The summed E-state index contributed by atoms with van der Waals surface area (Å²) in [5.41, 5.74) is -4.14. The maximum atomic E-state index is 14.2. The SMILES string of the molecule is O=c1c(-n2cccn2)nc(Cl)c(-c2c(F)cc(F)cc2F)n1CC(F)(F)C(F)(F)F. The molecule has 0 atom stereocenters. The first kappa shape index (κ1) is 21.7. The number of aromatic nitrogens is 4. The molecule has 14 heteroatoms. The normalized spacial score (nSPS) is 12.4. The van der Waals surface area contributed by atoms with E-state index in [4.69, 9.17) is 11.6 Å². The predicted octanol–water partition coefficient (Wildman–Crippen LogP) is 4.36. The molecule has 5 nitrogen and oxygen atoms in total. The van der Waals surface area contributed by atoms with E-state index in [1.807, 2.05) is 0 Å². The highest BCUT2D eigenvalue weighted by Crippen LogP contribution is 2.39. The summed E-state index contributed by atoms with van der Waals surface area (Å²) in [6, 6.07) is 1.54. The zero-order valence-electron chi connectivity index (χ0n) is 14.2. The van der Waals surface area contributed by atoms with Gasteiger partial charge in [0.15, 0.2) is 5.15 Å². The van der Waals surface area contributed by atoms with Crippen LogP contribution in [0.3, 0.4) is 0 Å². The zero-order valence-corrected chi connectivity index (χ0v) is 14.9. The summed E-state index contributed by atoms with van der Waals surface area (Å²) in [5, 5.41) is 2.60. The lowest BCUT2D eigenvalue weighted by Crippen LogP contribution is -2.44. The number of rotatable bonds is 4. The molecule has 0 amide bonds. The molecule has 0 unspecified atom stereocenters. The van der Waals surface area contributed by atoms with Crippen LogP contribution < -0.4 is 5.56 Å². The van der Waals surface area contributed by atoms with Crippen molar-refractivity contribution in [3.8, 4) is 17.1 Å². The fourth-order valence-electron chi connectivity index (χ4n) is 2.52. The topological polar surface area (TPSA) is 52.7 Å². The number of hydrogen-bond donors (Lipinski definition) is 0. The molecule has 160 valence electrons. The highest BCUT2D eigenvalue weighted by atomic mass is 35.5. The molecule has 3 aromatic rings. The van der Waals surface area contributed by atoms with Gasteiger partial charge in [-0.2, -0.15) is 27.1 Å². The van der Waals surface area contributed by atoms with E-state index in [9.17, 15) is 39.9 Å². The Labute approximate surface area is 166 Å². The van der Waals surface area contributed by atoms with Gasteiger partial charge in [-0.05, 0) is 6.07 Å². The number of hydrogen-bond acceptors (Lipinski definition) is 3. The standard InChI is InChI=1S/C16H7ClF8N4O/c17-12-11(10-8(19)4-7(18)5-9(10)20)28(6-15(21,22)16(23,24)25)14(30)13(27-12)29-3-1-2-26-29/h1-5H,6H2. The zero-order chi connectivity index (χ0) is 22.4. The van der Waals surface area contributed by atoms with Crippen LogP contribution in [-0.2, 0) is 6.54 Å². The van der Waals surface area contributed by atoms with Crippen LogP contribution >= 0.6 is 11.6 Å². The van der Waals surface area contributed by atoms with Gasteiger partial charge >= 0.3 is 12.1 Å². The molecule has 0 aliphatic carbocycles. The van der Waals surface area contributed by atoms with Crippen molar-refractivity contribution in [2.24, 2.45) is 0 Å². The molecular weight excluding hydrogens is 452 g/mol. The minimum Gasteiger partial charge on any atom is -0.296 e. The Bertz CT molecular complexity index is 1130. The van der Waals surface area contributed by atoms with Gasteiger partial charge in [0.1, 0.15) is 17.5 Å². The van der Waals surface area contributed by atoms with Crippen LogP contribution in [-0.4, -0.2) is 31.4 Å². The van der Waals surface area contributed by atoms with E-state index >= 15 is 0 Å².